The highest BCUT2D eigenvalue weighted by Crippen LogP contribution is 2.23. The minimum absolute atomic E-state index is 0.0814. The highest BCUT2D eigenvalue weighted by molar-refractivity contribution is 7.89. The van der Waals surface area contributed by atoms with Gasteiger partial charge in [-0.05, 0) is 38.4 Å². The molecular weight excluding hydrogens is 378 g/mol. The molecule has 1 N–H and O–H groups in total. The lowest BCUT2D eigenvalue weighted by atomic mass is 10.0. The van der Waals surface area contributed by atoms with E-state index in [1.54, 1.807) is 6.20 Å². The van der Waals surface area contributed by atoms with E-state index in [-0.39, 0.29) is 11.7 Å². The summed E-state index contributed by atoms with van der Waals surface area (Å²) in [6.07, 6.45) is 4.41. The Morgan fingerprint density at radius 2 is 1.93 bits per heavy atom. The van der Waals surface area contributed by atoms with Crippen LogP contribution in [-0.4, -0.2) is 80.1 Å². The first kappa shape index (κ1) is 21.0. The minimum atomic E-state index is -3.40. The van der Waals surface area contributed by atoms with E-state index in [0.717, 1.165) is 44.8 Å². The van der Waals surface area contributed by atoms with E-state index < -0.39 is 16.1 Å². The lowest BCUT2D eigenvalue weighted by Crippen LogP contribution is -2.50. The molecule has 2 aliphatic heterocycles. The third-order valence-electron chi connectivity index (χ3n) is 5.42. The molecule has 1 aromatic heterocycles. The molecule has 0 aliphatic carbocycles. The number of pyridine rings is 1. The first-order valence-corrected chi connectivity index (χ1v) is 11.7. The summed E-state index contributed by atoms with van der Waals surface area (Å²) in [6, 6.07) is 3.11. The molecule has 28 heavy (non-hydrogen) atoms. The SMILES string of the molecule is CCCS(=O)(=O)N1CCCCC1C(=O)Nc1ccc(N2CCN(C)CC2)nc1. The summed E-state index contributed by atoms with van der Waals surface area (Å²) in [7, 11) is -1.29. The van der Waals surface area contributed by atoms with Crippen molar-refractivity contribution in [3.8, 4) is 0 Å². The molecule has 2 aliphatic rings. The molecule has 9 heteroatoms. The van der Waals surface area contributed by atoms with Gasteiger partial charge in [0.25, 0.3) is 0 Å². The number of piperidine rings is 1. The molecule has 0 aromatic carbocycles. The van der Waals surface area contributed by atoms with Crippen LogP contribution in [-0.2, 0) is 14.8 Å². The van der Waals surface area contributed by atoms with Crippen LogP contribution in [0.15, 0.2) is 18.3 Å². The van der Waals surface area contributed by atoms with Crippen LogP contribution in [0.1, 0.15) is 32.6 Å². The molecule has 2 fully saturated rings. The van der Waals surface area contributed by atoms with E-state index >= 15 is 0 Å². The van der Waals surface area contributed by atoms with E-state index in [9.17, 15) is 13.2 Å². The van der Waals surface area contributed by atoms with Gasteiger partial charge in [0.1, 0.15) is 11.9 Å². The Morgan fingerprint density at radius 1 is 1.18 bits per heavy atom. The van der Waals surface area contributed by atoms with Crippen molar-refractivity contribution in [2.45, 2.75) is 38.6 Å². The normalized spacial score (nSPS) is 22.2. The van der Waals surface area contributed by atoms with Gasteiger partial charge in [0.15, 0.2) is 0 Å². The van der Waals surface area contributed by atoms with Crippen molar-refractivity contribution in [3.63, 3.8) is 0 Å². The number of likely N-dealkylation sites (N-methyl/N-ethyl adjacent to an activating group) is 1. The Hall–Kier alpha value is -1.71. The number of nitrogens with zero attached hydrogens (tertiary/aromatic N) is 4. The second kappa shape index (κ2) is 9.19. The Bertz CT molecular complexity index is 760. The number of carbonyl (C=O) groups excluding carboxylic acids is 1. The Labute approximate surface area is 168 Å². The average molecular weight is 410 g/mol. The molecular formula is C19H31N5O3S. The molecule has 2 saturated heterocycles. The molecule has 1 aromatic rings. The number of sulfonamides is 1. The maximum Gasteiger partial charge on any atom is 0.242 e. The molecule has 1 unspecified atom stereocenters. The zero-order chi connectivity index (χ0) is 20.1. The predicted octanol–water partition coefficient (Wildman–Crippen LogP) is 1.37. The molecule has 3 rings (SSSR count). The van der Waals surface area contributed by atoms with Crippen LogP contribution in [0.2, 0.25) is 0 Å². The van der Waals surface area contributed by atoms with Gasteiger partial charge in [0, 0.05) is 32.7 Å². The quantitative estimate of drug-likeness (QED) is 0.764. The fourth-order valence-corrected chi connectivity index (χ4v) is 5.53. The number of amides is 1. The molecule has 0 radical (unpaired) electrons. The number of hydrogen-bond donors (Lipinski definition) is 1. The number of rotatable bonds is 6. The highest BCUT2D eigenvalue weighted by atomic mass is 32.2. The molecule has 1 amide bonds. The van der Waals surface area contributed by atoms with Crippen LogP contribution in [0.4, 0.5) is 11.5 Å². The van der Waals surface area contributed by atoms with Crippen molar-refractivity contribution in [3.05, 3.63) is 18.3 Å². The maximum absolute atomic E-state index is 12.8. The van der Waals surface area contributed by atoms with Crippen LogP contribution in [0.5, 0.6) is 0 Å². The summed E-state index contributed by atoms with van der Waals surface area (Å²) in [5.74, 6) is 0.711. The van der Waals surface area contributed by atoms with Gasteiger partial charge >= 0.3 is 0 Å². The molecule has 0 spiro atoms. The number of aromatic nitrogens is 1. The van der Waals surface area contributed by atoms with Crippen molar-refractivity contribution in [1.82, 2.24) is 14.2 Å². The van der Waals surface area contributed by atoms with E-state index in [2.05, 4.69) is 27.1 Å². The van der Waals surface area contributed by atoms with Crippen LogP contribution >= 0.6 is 0 Å². The topological polar surface area (TPSA) is 85.8 Å². The molecule has 1 atom stereocenters. The monoisotopic (exact) mass is 409 g/mol. The van der Waals surface area contributed by atoms with Crippen LogP contribution in [0.25, 0.3) is 0 Å². The van der Waals surface area contributed by atoms with Gasteiger partial charge in [-0.25, -0.2) is 13.4 Å². The van der Waals surface area contributed by atoms with Crippen molar-refractivity contribution in [2.75, 3.05) is 55.7 Å². The summed E-state index contributed by atoms with van der Waals surface area (Å²) in [5, 5.41) is 2.86. The van der Waals surface area contributed by atoms with Crippen LogP contribution < -0.4 is 10.2 Å². The molecule has 0 saturated carbocycles. The lowest BCUT2D eigenvalue weighted by molar-refractivity contribution is -0.120. The second-order valence-corrected chi connectivity index (χ2v) is 9.66. The van der Waals surface area contributed by atoms with E-state index in [1.807, 2.05) is 19.1 Å². The Kier molecular flexibility index (Phi) is 6.90. The second-order valence-electron chi connectivity index (χ2n) is 7.62. The number of hydrogen-bond acceptors (Lipinski definition) is 6. The fraction of sp³-hybridized carbons (Fsp3) is 0.684. The Morgan fingerprint density at radius 3 is 2.57 bits per heavy atom. The number of piperazine rings is 1. The number of nitrogens with one attached hydrogen (secondary N) is 1. The Balaban J connectivity index is 1.64. The van der Waals surface area contributed by atoms with Crippen molar-refractivity contribution < 1.29 is 13.2 Å². The highest BCUT2D eigenvalue weighted by Gasteiger charge is 2.36. The lowest BCUT2D eigenvalue weighted by Gasteiger charge is -2.34. The maximum atomic E-state index is 12.8. The van der Waals surface area contributed by atoms with Gasteiger partial charge in [0.05, 0.1) is 17.6 Å². The standard InChI is InChI=1S/C19H31N5O3S/c1-3-14-28(26,27)24-9-5-4-6-17(24)19(25)21-16-7-8-18(20-15-16)23-12-10-22(2)11-13-23/h7-8,15,17H,3-6,9-14H2,1-2H3,(H,21,25). The summed E-state index contributed by atoms with van der Waals surface area (Å²) in [4.78, 5) is 21.8. The number of anilines is 2. The van der Waals surface area contributed by atoms with Gasteiger partial charge < -0.3 is 15.1 Å². The van der Waals surface area contributed by atoms with Gasteiger partial charge in [-0.3, -0.25) is 4.79 Å². The van der Waals surface area contributed by atoms with Gasteiger partial charge in [-0.1, -0.05) is 13.3 Å². The predicted molar refractivity (Wildman–Crippen MR) is 111 cm³/mol. The van der Waals surface area contributed by atoms with Gasteiger partial charge in [-0.15, -0.1) is 0 Å². The van der Waals surface area contributed by atoms with Crippen molar-refractivity contribution in [2.24, 2.45) is 0 Å². The molecule has 156 valence electrons. The zero-order valence-corrected chi connectivity index (χ0v) is 17.6. The third-order valence-corrected chi connectivity index (χ3v) is 7.49. The van der Waals surface area contributed by atoms with Crippen LogP contribution in [0, 0.1) is 0 Å². The summed E-state index contributed by atoms with van der Waals surface area (Å²) < 4.78 is 26.4. The van der Waals surface area contributed by atoms with E-state index in [0.29, 0.717) is 25.1 Å². The fourth-order valence-electron chi connectivity index (χ4n) is 3.78. The molecule has 0 bridgehead atoms. The molecule has 8 nitrogen and oxygen atoms in total. The summed E-state index contributed by atoms with van der Waals surface area (Å²) >= 11 is 0. The van der Waals surface area contributed by atoms with Crippen molar-refractivity contribution in [1.29, 1.82) is 0 Å². The average Bonchev–Trinajstić information content (AvgIpc) is 2.69. The largest absolute Gasteiger partial charge is 0.354 e. The van der Waals surface area contributed by atoms with Crippen molar-refractivity contribution >= 4 is 27.4 Å². The third kappa shape index (κ3) is 5.01. The first-order chi connectivity index (χ1) is 13.4. The number of carbonyl (C=O) groups is 1. The van der Waals surface area contributed by atoms with Gasteiger partial charge in [0.2, 0.25) is 15.9 Å². The van der Waals surface area contributed by atoms with Crippen LogP contribution in [0.3, 0.4) is 0 Å². The minimum Gasteiger partial charge on any atom is -0.354 e. The van der Waals surface area contributed by atoms with E-state index in [1.165, 1.54) is 4.31 Å². The summed E-state index contributed by atoms with van der Waals surface area (Å²) in [5.41, 5.74) is 0.598. The smallest absolute Gasteiger partial charge is 0.242 e. The summed E-state index contributed by atoms with van der Waals surface area (Å²) in [6.45, 7) is 6.13. The van der Waals surface area contributed by atoms with E-state index in [4.69, 9.17) is 0 Å². The van der Waals surface area contributed by atoms with Gasteiger partial charge in [-0.2, -0.15) is 4.31 Å². The zero-order valence-electron chi connectivity index (χ0n) is 16.8. The first-order valence-electron chi connectivity index (χ1n) is 10.1. The molecule has 3 heterocycles.